The molecule has 2 amide bonds. The van der Waals surface area contributed by atoms with Gasteiger partial charge in [-0.25, -0.2) is 0 Å². The Kier molecular flexibility index (Phi) is 10.5. The Morgan fingerprint density at radius 2 is 0.855 bits per heavy atom. The normalized spacial score (nSPS) is 12.5. The van der Waals surface area contributed by atoms with Crippen molar-refractivity contribution in [2.24, 2.45) is 0 Å². The van der Waals surface area contributed by atoms with Crippen molar-refractivity contribution in [2.45, 2.75) is 5.41 Å². The van der Waals surface area contributed by atoms with Gasteiger partial charge in [-0.2, -0.15) is 0 Å². The Labute approximate surface area is 320 Å². The first-order valence-electron chi connectivity index (χ1n) is 17.7. The monoisotopic (exact) mass is 728 g/mol. The van der Waals surface area contributed by atoms with Crippen LogP contribution in [0, 0.1) is 0 Å². The highest BCUT2D eigenvalue weighted by Gasteiger charge is 2.45. The molecule has 1 aliphatic carbocycles. The third kappa shape index (κ3) is 7.18. The number of hydrogen-bond acceptors (Lipinski definition) is 6. The minimum absolute atomic E-state index is 0.259. The van der Waals surface area contributed by atoms with Crippen LogP contribution in [0.25, 0.3) is 23.3 Å². The maximum absolute atomic E-state index is 13.0. The highest BCUT2D eigenvalue weighted by Crippen LogP contribution is 2.56. The lowest BCUT2D eigenvalue weighted by Crippen LogP contribution is -2.28. The number of nitrogens with one attached hydrogen (secondary N) is 2. The van der Waals surface area contributed by atoms with E-state index >= 15 is 0 Å². The lowest BCUT2D eigenvalue weighted by molar-refractivity contribution is -0.112. The molecule has 0 bridgehead atoms. The van der Waals surface area contributed by atoms with Crippen LogP contribution in [0.3, 0.4) is 0 Å². The van der Waals surface area contributed by atoms with Gasteiger partial charge >= 0.3 is 0 Å². The van der Waals surface area contributed by atoms with Gasteiger partial charge in [0.2, 0.25) is 11.8 Å². The predicted molar refractivity (Wildman–Crippen MR) is 218 cm³/mol. The second-order valence-corrected chi connectivity index (χ2v) is 12.9. The van der Waals surface area contributed by atoms with Gasteiger partial charge in [0.05, 0.1) is 33.9 Å². The number of methoxy groups -OCH3 is 4. The first-order valence-corrected chi connectivity index (χ1v) is 17.7. The van der Waals surface area contributed by atoms with Gasteiger partial charge in [0.1, 0.15) is 0 Å². The number of rotatable bonds is 12. The predicted octanol–water partition coefficient (Wildman–Crippen LogP) is 9.39. The molecule has 2 N–H and O–H groups in total. The van der Waals surface area contributed by atoms with Gasteiger partial charge in [-0.1, -0.05) is 84.9 Å². The largest absolute Gasteiger partial charge is 0.493 e. The van der Waals surface area contributed by atoms with Crippen molar-refractivity contribution in [1.82, 2.24) is 0 Å². The fourth-order valence-corrected chi connectivity index (χ4v) is 7.26. The number of ether oxygens (including phenoxy) is 4. The van der Waals surface area contributed by atoms with Crippen molar-refractivity contribution < 1.29 is 28.5 Å². The molecule has 8 heteroatoms. The molecule has 274 valence electrons. The van der Waals surface area contributed by atoms with Crippen LogP contribution in [0.5, 0.6) is 23.0 Å². The molecule has 7 rings (SSSR count). The average molecular weight is 729 g/mol. The number of hydrogen-bond donors (Lipinski definition) is 2. The van der Waals surface area contributed by atoms with Gasteiger partial charge in [0.25, 0.3) is 0 Å². The van der Waals surface area contributed by atoms with Gasteiger partial charge < -0.3 is 29.6 Å². The summed E-state index contributed by atoms with van der Waals surface area (Å²) in [5.74, 6) is 1.89. The summed E-state index contributed by atoms with van der Waals surface area (Å²) >= 11 is 0. The zero-order valence-corrected chi connectivity index (χ0v) is 31.0. The fourth-order valence-electron chi connectivity index (χ4n) is 7.26. The molecule has 55 heavy (non-hydrogen) atoms. The van der Waals surface area contributed by atoms with Crippen molar-refractivity contribution >= 4 is 35.3 Å². The highest BCUT2D eigenvalue weighted by molar-refractivity contribution is 6.03. The van der Waals surface area contributed by atoms with Gasteiger partial charge in [0, 0.05) is 23.5 Å². The molecule has 0 aromatic heterocycles. The smallest absolute Gasteiger partial charge is 0.248 e. The number of anilines is 2. The highest BCUT2D eigenvalue weighted by atomic mass is 16.5. The molecular formula is C47H40N2O6. The third-order valence-electron chi connectivity index (χ3n) is 9.79. The minimum Gasteiger partial charge on any atom is -0.493 e. The molecule has 0 heterocycles. The second-order valence-electron chi connectivity index (χ2n) is 12.9. The molecule has 0 spiro atoms. The van der Waals surface area contributed by atoms with E-state index in [4.69, 9.17) is 18.9 Å². The molecule has 0 saturated heterocycles. The van der Waals surface area contributed by atoms with Crippen molar-refractivity contribution in [1.29, 1.82) is 0 Å². The molecule has 0 radical (unpaired) electrons. The Bertz CT molecular complexity index is 2240. The van der Waals surface area contributed by atoms with E-state index in [0.717, 1.165) is 44.5 Å². The standard InChI is InChI=1S/C47H40N2O6/c1-52-41-25-13-31(29-43(41)54-3)15-27-45(50)48-35-21-17-33(18-22-35)47(39-11-7-5-9-37(39)38-10-6-8-12-40(38)47)34-19-23-36(24-20-34)49-46(51)28-16-32-14-26-42(53-2)44(30-32)55-4/h5-30H,1-4H3,(H,48,50)(H,49,51)/b27-15+,28-16+. The number of fused-ring (bicyclic) bond motifs is 3. The number of amides is 2. The van der Waals surface area contributed by atoms with Gasteiger partial charge in [-0.05, 0) is 105 Å². The molecule has 8 nitrogen and oxygen atoms in total. The van der Waals surface area contributed by atoms with Gasteiger partial charge in [-0.3, -0.25) is 9.59 Å². The average Bonchev–Trinajstić information content (AvgIpc) is 3.53. The van der Waals surface area contributed by atoms with E-state index in [0.29, 0.717) is 34.4 Å². The fraction of sp³-hybridized carbons (Fsp3) is 0.106. The molecular weight excluding hydrogens is 689 g/mol. The molecule has 0 saturated carbocycles. The van der Waals surface area contributed by atoms with E-state index in [-0.39, 0.29) is 11.8 Å². The lowest BCUT2D eigenvalue weighted by Gasteiger charge is -2.34. The molecule has 6 aromatic rings. The molecule has 1 aliphatic rings. The quantitative estimate of drug-likeness (QED) is 0.122. The Hall–Kier alpha value is -7.06. The van der Waals surface area contributed by atoms with Crippen molar-refractivity contribution in [3.05, 3.63) is 179 Å². The van der Waals surface area contributed by atoms with E-state index in [1.807, 2.05) is 48.5 Å². The first kappa shape index (κ1) is 36.3. The molecule has 6 aromatic carbocycles. The van der Waals surface area contributed by atoms with Crippen LogP contribution in [-0.2, 0) is 15.0 Å². The van der Waals surface area contributed by atoms with E-state index in [1.54, 1.807) is 52.7 Å². The van der Waals surface area contributed by atoms with E-state index < -0.39 is 5.41 Å². The van der Waals surface area contributed by atoms with Crippen LogP contribution in [0.1, 0.15) is 33.4 Å². The summed E-state index contributed by atoms with van der Waals surface area (Å²) in [6.45, 7) is 0. The third-order valence-corrected chi connectivity index (χ3v) is 9.79. The summed E-state index contributed by atoms with van der Waals surface area (Å²) in [6, 6.07) is 43.9. The minimum atomic E-state index is -0.654. The molecule has 0 fully saturated rings. The first-order chi connectivity index (χ1) is 26.9. The van der Waals surface area contributed by atoms with Gasteiger partial charge in [-0.15, -0.1) is 0 Å². The lowest BCUT2D eigenvalue weighted by atomic mass is 9.67. The van der Waals surface area contributed by atoms with E-state index in [9.17, 15) is 9.59 Å². The molecule has 0 unspecified atom stereocenters. The van der Waals surface area contributed by atoms with Crippen LogP contribution < -0.4 is 29.6 Å². The van der Waals surface area contributed by atoms with Crippen LogP contribution in [-0.4, -0.2) is 40.3 Å². The van der Waals surface area contributed by atoms with Crippen molar-refractivity contribution in [2.75, 3.05) is 39.1 Å². The summed E-state index contributed by atoms with van der Waals surface area (Å²) in [5.41, 5.74) is 9.00. The maximum atomic E-state index is 13.0. The summed E-state index contributed by atoms with van der Waals surface area (Å²) < 4.78 is 21.4. The SMILES string of the molecule is COc1ccc(/C=C/C(=O)Nc2ccc(C3(c4ccc(NC(=O)/C=C/c5ccc(OC)c(OC)c5)cc4)c4ccccc4-c4ccccc43)cc2)cc1OC. The van der Waals surface area contributed by atoms with Crippen molar-refractivity contribution in [3.63, 3.8) is 0 Å². The van der Waals surface area contributed by atoms with Crippen LogP contribution in [0.15, 0.2) is 146 Å². The number of carbonyl (C=O) groups is 2. The van der Waals surface area contributed by atoms with Gasteiger partial charge in [0.15, 0.2) is 23.0 Å². The Morgan fingerprint density at radius 1 is 0.473 bits per heavy atom. The summed E-state index contributed by atoms with van der Waals surface area (Å²) in [6.07, 6.45) is 6.44. The van der Waals surface area contributed by atoms with E-state index in [1.165, 1.54) is 12.2 Å². The van der Waals surface area contributed by atoms with Crippen molar-refractivity contribution in [3.8, 4) is 34.1 Å². The van der Waals surface area contributed by atoms with Crippen LogP contribution in [0.4, 0.5) is 11.4 Å². The second kappa shape index (κ2) is 15.9. The zero-order valence-electron chi connectivity index (χ0n) is 31.0. The summed E-state index contributed by atoms with van der Waals surface area (Å²) in [7, 11) is 6.32. The number of carbonyl (C=O) groups excluding carboxylic acids is 2. The summed E-state index contributed by atoms with van der Waals surface area (Å²) in [5, 5.41) is 5.98. The van der Waals surface area contributed by atoms with Crippen LogP contribution in [0.2, 0.25) is 0 Å². The maximum Gasteiger partial charge on any atom is 0.248 e. The topological polar surface area (TPSA) is 95.1 Å². The van der Waals surface area contributed by atoms with E-state index in [2.05, 4.69) is 83.4 Å². The zero-order chi connectivity index (χ0) is 38.4. The Balaban J connectivity index is 1.16. The molecule has 0 atom stereocenters. The Morgan fingerprint density at radius 3 is 1.24 bits per heavy atom. The summed E-state index contributed by atoms with van der Waals surface area (Å²) in [4.78, 5) is 26.0. The van der Waals surface area contributed by atoms with Crippen LogP contribution >= 0.6 is 0 Å². The molecule has 0 aliphatic heterocycles. The number of benzene rings is 6.